The van der Waals surface area contributed by atoms with E-state index in [1.54, 1.807) is 19.1 Å². The number of hydrogen-bond donors (Lipinski definition) is 0. The van der Waals surface area contributed by atoms with Gasteiger partial charge in [-0.25, -0.2) is 13.2 Å². The maximum Gasteiger partial charge on any atom is 0.398 e. The highest BCUT2D eigenvalue weighted by Crippen LogP contribution is 2.39. The topological polar surface area (TPSA) is 18.5 Å². The molecule has 0 heterocycles. The number of ether oxygens (including phenoxy) is 2. The molecule has 0 unspecified atom stereocenters. The molecule has 2 aromatic rings. The lowest BCUT2D eigenvalue weighted by Gasteiger charge is -2.29. The first kappa shape index (κ1) is 29.2. The fourth-order valence-corrected chi connectivity index (χ4v) is 5.41. The molecule has 206 valence electrons. The Kier molecular flexibility index (Phi) is 10.7. The molecule has 0 atom stereocenters. The molecular formula is C30H39F5O2. The van der Waals surface area contributed by atoms with E-state index >= 15 is 0 Å². The third-order valence-electron chi connectivity index (χ3n) is 7.47. The average Bonchev–Trinajstić information content (AvgIpc) is 2.86. The van der Waals surface area contributed by atoms with Crippen LogP contribution in [0.25, 0.3) is 0 Å². The summed E-state index contributed by atoms with van der Waals surface area (Å²) in [7, 11) is 0. The zero-order chi connectivity index (χ0) is 27.0. The summed E-state index contributed by atoms with van der Waals surface area (Å²) < 4.78 is 81.2. The summed E-state index contributed by atoms with van der Waals surface area (Å²) in [5.74, 6) is -0.255. The Labute approximate surface area is 217 Å². The van der Waals surface area contributed by atoms with Crippen LogP contribution < -0.4 is 9.47 Å². The standard InChI is InChI=1S/C30H39F5O2/c1-4-6-7-8-21-9-11-22(12-10-21)23-13-15-24(16-14-23)37-30(34,35)18-17-25-20(3)19-26(36-5-2)28(31)27(25)29(32)33/h13-16,19,21-22,29H,4-12,17-18H2,1-3H3. The highest BCUT2D eigenvalue weighted by atomic mass is 19.3. The first-order valence-electron chi connectivity index (χ1n) is 13.5. The molecule has 7 heteroatoms. The van der Waals surface area contributed by atoms with Crippen LogP contribution in [0.3, 0.4) is 0 Å². The molecule has 0 radical (unpaired) electrons. The molecule has 0 spiro atoms. The lowest BCUT2D eigenvalue weighted by atomic mass is 9.77. The van der Waals surface area contributed by atoms with Crippen LogP contribution in [0, 0.1) is 18.7 Å². The smallest absolute Gasteiger partial charge is 0.398 e. The summed E-state index contributed by atoms with van der Waals surface area (Å²) in [5.41, 5.74) is 0.383. The summed E-state index contributed by atoms with van der Waals surface area (Å²) in [6.07, 6.45) is 1.68. The van der Waals surface area contributed by atoms with Crippen molar-refractivity contribution in [1.82, 2.24) is 0 Å². The fourth-order valence-electron chi connectivity index (χ4n) is 5.41. The van der Waals surface area contributed by atoms with E-state index in [9.17, 15) is 22.0 Å². The normalized spacial score (nSPS) is 18.3. The van der Waals surface area contributed by atoms with Gasteiger partial charge in [-0.15, -0.1) is 0 Å². The van der Waals surface area contributed by atoms with Crippen molar-refractivity contribution >= 4 is 0 Å². The molecule has 0 amide bonds. The van der Waals surface area contributed by atoms with Gasteiger partial charge in [0, 0.05) is 0 Å². The van der Waals surface area contributed by atoms with Gasteiger partial charge in [0.15, 0.2) is 11.6 Å². The Hall–Kier alpha value is -2.31. The first-order chi connectivity index (χ1) is 17.6. The van der Waals surface area contributed by atoms with E-state index in [0.717, 1.165) is 24.3 Å². The van der Waals surface area contributed by atoms with Crippen molar-refractivity contribution in [3.05, 3.63) is 58.4 Å². The number of unbranched alkanes of at least 4 members (excludes halogenated alkanes) is 2. The van der Waals surface area contributed by atoms with Crippen molar-refractivity contribution in [2.75, 3.05) is 6.61 Å². The highest BCUT2D eigenvalue weighted by molar-refractivity contribution is 5.44. The molecule has 2 nitrogen and oxygen atoms in total. The number of aryl methyl sites for hydroxylation is 1. The second-order valence-corrected chi connectivity index (χ2v) is 10.2. The Morgan fingerprint density at radius 3 is 2.27 bits per heavy atom. The minimum absolute atomic E-state index is 0.0191. The van der Waals surface area contributed by atoms with Gasteiger partial charge in [0.05, 0.1) is 18.6 Å². The number of benzene rings is 2. The van der Waals surface area contributed by atoms with Crippen LogP contribution in [0.2, 0.25) is 0 Å². The zero-order valence-corrected chi connectivity index (χ0v) is 22.1. The third-order valence-corrected chi connectivity index (χ3v) is 7.47. The van der Waals surface area contributed by atoms with Crippen molar-refractivity contribution in [1.29, 1.82) is 0 Å². The van der Waals surface area contributed by atoms with Crippen LogP contribution in [0.1, 0.15) is 106 Å². The molecule has 3 rings (SSSR count). The van der Waals surface area contributed by atoms with Gasteiger partial charge in [0.1, 0.15) is 5.75 Å². The van der Waals surface area contributed by atoms with Gasteiger partial charge in [0.25, 0.3) is 6.43 Å². The molecule has 1 fully saturated rings. The maximum atomic E-state index is 14.7. The van der Waals surface area contributed by atoms with Crippen LogP contribution in [0.4, 0.5) is 22.0 Å². The fraction of sp³-hybridized carbons (Fsp3) is 0.600. The van der Waals surface area contributed by atoms with Gasteiger partial charge in [-0.3, -0.25) is 0 Å². The average molecular weight is 527 g/mol. The molecule has 0 aromatic heterocycles. The lowest BCUT2D eigenvalue weighted by Crippen LogP contribution is -2.26. The summed E-state index contributed by atoms with van der Waals surface area (Å²) in [6, 6.07) is 8.05. The summed E-state index contributed by atoms with van der Waals surface area (Å²) >= 11 is 0. The van der Waals surface area contributed by atoms with E-state index < -0.39 is 36.8 Å². The van der Waals surface area contributed by atoms with Crippen molar-refractivity contribution in [2.45, 2.75) is 103 Å². The van der Waals surface area contributed by atoms with E-state index in [1.165, 1.54) is 51.5 Å². The van der Waals surface area contributed by atoms with Gasteiger partial charge in [0.2, 0.25) is 0 Å². The predicted molar refractivity (Wildman–Crippen MR) is 136 cm³/mol. The summed E-state index contributed by atoms with van der Waals surface area (Å²) in [5, 5.41) is 0. The number of alkyl halides is 4. The van der Waals surface area contributed by atoms with E-state index in [0.29, 0.717) is 5.92 Å². The molecule has 0 aliphatic heterocycles. The number of rotatable bonds is 13. The maximum absolute atomic E-state index is 14.7. The van der Waals surface area contributed by atoms with Crippen LogP contribution in [-0.4, -0.2) is 12.7 Å². The second kappa shape index (κ2) is 13.5. The third kappa shape index (κ3) is 8.08. The van der Waals surface area contributed by atoms with E-state index in [1.807, 2.05) is 12.1 Å². The summed E-state index contributed by atoms with van der Waals surface area (Å²) in [4.78, 5) is 0. The highest BCUT2D eigenvalue weighted by Gasteiger charge is 2.33. The van der Waals surface area contributed by atoms with Gasteiger partial charge in [-0.2, -0.15) is 8.78 Å². The Balaban J connectivity index is 1.59. The molecule has 2 aromatic carbocycles. The van der Waals surface area contributed by atoms with Crippen LogP contribution >= 0.6 is 0 Å². The Morgan fingerprint density at radius 2 is 1.68 bits per heavy atom. The Bertz CT molecular complexity index is 982. The second-order valence-electron chi connectivity index (χ2n) is 10.2. The van der Waals surface area contributed by atoms with Crippen LogP contribution in [0.5, 0.6) is 11.5 Å². The number of halogens is 5. The van der Waals surface area contributed by atoms with Crippen molar-refractivity contribution < 1.29 is 31.4 Å². The molecule has 0 bridgehead atoms. The van der Waals surface area contributed by atoms with Crippen LogP contribution in [0.15, 0.2) is 30.3 Å². The first-order valence-corrected chi connectivity index (χ1v) is 13.5. The van der Waals surface area contributed by atoms with E-state index in [4.69, 9.17) is 9.47 Å². The van der Waals surface area contributed by atoms with Gasteiger partial charge >= 0.3 is 6.11 Å². The predicted octanol–water partition coefficient (Wildman–Crippen LogP) is 9.93. The monoisotopic (exact) mass is 526 g/mol. The van der Waals surface area contributed by atoms with Crippen molar-refractivity contribution in [3.8, 4) is 11.5 Å². The van der Waals surface area contributed by atoms with E-state index in [-0.39, 0.29) is 29.2 Å². The van der Waals surface area contributed by atoms with E-state index in [2.05, 4.69) is 6.92 Å². The minimum atomic E-state index is -3.60. The molecule has 1 aliphatic carbocycles. The summed E-state index contributed by atoms with van der Waals surface area (Å²) in [6.45, 7) is 5.41. The largest absolute Gasteiger partial charge is 0.491 e. The van der Waals surface area contributed by atoms with Gasteiger partial charge in [-0.1, -0.05) is 44.7 Å². The van der Waals surface area contributed by atoms with Crippen molar-refractivity contribution in [2.24, 2.45) is 5.92 Å². The zero-order valence-electron chi connectivity index (χ0n) is 22.1. The molecule has 0 saturated heterocycles. The molecule has 0 N–H and O–H groups in total. The molecule has 37 heavy (non-hydrogen) atoms. The SMILES string of the molecule is CCCCCC1CCC(c2ccc(OC(F)(F)CCc3c(C)cc(OCC)c(F)c3C(F)F)cc2)CC1. The minimum Gasteiger partial charge on any atom is -0.491 e. The molecular weight excluding hydrogens is 487 g/mol. The van der Waals surface area contributed by atoms with Gasteiger partial charge < -0.3 is 9.47 Å². The molecule has 1 saturated carbocycles. The van der Waals surface area contributed by atoms with Crippen LogP contribution in [-0.2, 0) is 6.42 Å². The molecule has 1 aliphatic rings. The van der Waals surface area contributed by atoms with Gasteiger partial charge in [-0.05, 0) is 92.7 Å². The van der Waals surface area contributed by atoms with Crippen molar-refractivity contribution in [3.63, 3.8) is 0 Å². The number of hydrogen-bond acceptors (Lipinski definition) is 2. The Morgan fingerprint density at radius 1 is 1.00 bits per heavy atom. The quantitative estimate of drug-likeness (QED) is 0.191. The lowest BCUT2D eigenvalue weighted by molar-refractivity contribution is -0.180.